The SMILES string of the molecule is CCNC1CCC=C(c2ccncc2OC)C1. The molecule has 1 aliphatic rings. The minimum absolute atomic E-state index is 0.595. The van der Waals surface area contributed by atoms with E-state index in [9.17, 15) is 0 Å². The van der Waals surface area contributed by atoms with Gasteiger partial charge in [0, 0.05) is 17.8 Å². The molecule has 0 aliphatic heterocycles. The van der Waals surface area contributed by atoms with Gasteiger partial charge in [-0.1, -0.05) is 13.0 Å². The molecule has 0 saturated heterocycles. The summed E-state index contributed by atoms with van der Waals surface area (Å²) in [4.78, 5) is 4.10. The highest BCUT2D eigenvalue weighted by Crippen LogP contribution is 2.32. The zero-order valence-electron chi connectivity index (χ0n) is 10.6. The normalized spacial score (nSPS) is 19.9. The number of allylic oxidation sites excluding steroid dienone is 1. The molecule has 0 saturated carbocycles. The van der Waals surface area contributed by atoms with E-state index in [2.05, 4.69) is 23.3 Å². The summed E-state index contributed by atoms with van der Waals surface area (Å²) in [6.07, 6.45) is 9.38. The fourth-order valence-corrected chi connectivity index (χ4v) is 2.40. The number of rotatable bonds is 4. The third-order valence-electron chi connectivity index (χ3n) is 3.22. The number of aromatic nitrogens is 1. The summed E-state index contributed by atoms with van der Waals surface area (Å²) in [6, 6.07) is 2.64. The summed E-state index contributed by atoms with van der Waals surface area (Å²) in [6.45, 7) is 3.19. The van der Waals surface area contributed by atoms with Crippen molar-refractivity contribution in [3.05, 3.63) is 30.1 Å². The third kappa shape index (κ3) is 2.86. The molecule has 0 fully saturated rings. The first-order valence-electron chi connectivity index (χ1n) is 6.26. The smallest absolute Gasteiger partial charge is 0.144 e. The van der Waals surface area contributed by atoms with Crippen LogP contribution in [-0.4, -0.2) is 24.7 Å². The van der Waals surface area contributed by atoms with Gasteiger partial charge in [0.25, 0.3) is 0 Å². The van der Waals surface area contributed by atoms with Crippen molar-refractivity contribution in [1.29, 1.82) is 0 Å². The third-order valence-corrected chi connectivity index (χ3v) is 3.22. The van der Waals surface area contributed by atoms with Crippen LogP contribution in [0, 0.1) is 0 Å². The van der Waals surface area contributed by atoms with E-state index < -0.39 is 0 Å². The molecule has 1 aromatic heterocycles. The van der Waals surface area contributed by atoms with Crippen molar-refractivity contribution < 1.29 is 4.74 Å². The Kier molecular flexibility index (Phi) is 4.15. The van der Waals surface area contributed by atoms with Gasteiger partial charge < -0.3 is 10.1 Å². The lowest BCUT2D eigenvalue weighted by Crippen LogP contribution is -2.30. The molecule has 2 rings (SSSR count). The zero-order chi connectivity index (χ0) is 12.1. The number of nitrogens with one attached hydrogen (secondary N) is 1. The van der Waals surface area contributed by atoms with E-state index in [1.807, 2.05) is 12.3 Å². The van der Waals surface area contributed by atoms with Gasteiger partial charge in [-0.05, 0) is 37.4 Å². The Balaban J connectivity index is 2.19. The van der Waals surface area contributed by atoms with Crippen molar-refractivity contribution in [2.24, 2.45) is 0 Å². The molecule has 1 atom stereocenters. The fraction of sp³-hybridized carbons (Fsp3) is 0.500. The zero-order valence-corrected chi connectivity index (χ0v) is 10.6. The first-order chi connectivity index (χ1) is 8.35. The van der Waals surface area contributed by atoms with Gasteiger partial charge in [0.2, 0.25) is 0 Å². The number of nitrogens with zero attached hydrogens (tertiary/aromatic N) is 1. The van der Waals surface area contributed by atoms with E-state index in [0.717, 1.165) is 25.1 Å². The van der Waals surface area contributed by atoms with E-state index in [1.165, 1.54) is 17.6 Å². The van der Waals surface area contributed by atoms with Crippen molar-refractivity contribution in [3.63, 3.8) is 0 Å². The van der Waals surface area contributed by atoms with Crippen molar-refractivity contribution in [1.82, 2.24) is 10.3 Å². The van der Waals surface area contributed by atoms with Gasteiger partial charge in [-0.25, -0.2) is 0 Å². The van der Waals surface area contributed by atoms with Crippen LogP contribution in [-0.2, 0) is 0 Å². The average molecular weight is 232 g/mol. The minimum atomic E-state index is 0.595. The van der Waals surface area contributed by atoms with Gasteiger partial charge in [0.15, 0.2) is 0 Å². The Morgan fingerprint density at radius 3 is 3.18 bits per heavy atom. The molecular formula is C14H20N2O. The standard InChI is InChI=1S/C14H20N2O/c1-3-16-12-6-4-5-11(9-12)13-7-8-15-10-14(13)17-2/h5,7-8,10,12,16H,3-4,6,9H2,1-2H3. The average Bonchev–Trinajstić information content (AvgIpc) is 2.39. The predicted molar refractivity (Wildman–Crippen MR) is 70.1 cm³/mol. The molecule has 0 amide bonds. The minimum Gasteiger partial charge on any atom is -0.495 e. The highest BCUT2D eigenvalue weighted by molar-refractivity contribution is 5.71. The van der Waals surface area contributed by atoms with Crippen molar-refractivity contribution in [3.8, 4) is 5.75 Å². The highest BCUT2D eigenvalue weighted by Gasteiger charge is 2.17. The van der Waals surface area contributed by atoms with Gasteiger partial charge in [-0.2, -0.15) is 0 Å². The molecule has 92 valence electrons. The highest BCUT2D eigenvalue weighted by atomic mass is 16.5. The lowest BCUT2D eigenvalue weighted by molar-refractivity contribution is 0.410. The molecule has 17 heavy (non-hydrogen) atoms. The quantitative estimate of drug-likeness (QED) is 0.866. The second-order valence-electron chi connectivity index (χ2n) is 4.34. The summed E-state index contributed by atoms with van der Waals surface area (Å²) >= 11 is 0. The van der Waals surface area contributed by atoms with Crippen LogP contribution in [0.15, 0.2) is 24.5 Å². The second-order valence-corrected chi connectivity index (χ2v) is 4.34. The molecule has 1 N–H and O–H groups in total. The maximum absolute atomic E-state index is 5.37. The maximum atomic E-state index is 5.37. The topological polar surface area (TPSA) is 34.2 Å². The van der Waals surface area contributed by atoms with Crippen LogP contribution in [0.1, 0.15) is 31.7 Å². The van der Waals surface area contributed by atoms with Crippen molar-refractivity contribution in [2.75, 3.05) is 13.7 Å². The monoisotopic (exact) mass is 232 g/mol. The summed E-state index contributed by atoms with van der Waals surface area (Å²) < 4.78 is 5.37. The van der Waals surface area contributed by atoms with E-state index in [4.69, 9.17) is 4.74 Å². The van der Waals surface area contributed by atoms with Gasteiger partial charge in [0.05, 0.1) is 13.3 Å². The largest absolute Gasteiger partial charge is 0.495 e. The molecule has 0 spiro atoms. The fourth-order valence-electron chi connectivity index (χ4n) is 2.40. The molecule has 0 aromatic carbocycles. The summed E-state index contributed by atoms with van der Waals surface area (Å²) in [5.74, 6) is 0.871. The molecule has 1 unspecified atom stereocenters. The first kappa shape index (κ1) is 12.1. The van der Waals surface area contributed by atoms with Gasteiger partial charge in [-0.3, -0.25) is 4.98 Å². The molecule has 0 radical (unpaired) electrons. The van der Waals surface area contributed by atoms with Crippen LogP contribution in [0.2, 0.25) is 0 Å². The molecular weight excluding hydrogens is 212 g/mol. The molecule has 0 bridgehead atoms. The Bertz CT molecular complexity index is 401. The summed E-state index contributed by atoms with van der Waals surface area (Å²) in [5, 5.41) is 3.52. The molecule has 3 nitrogen and oxygen atoms in total. The Labute approximate surface area is 103 Å². The van der Waals surface area contributed by atoms with Gasteiger partial charge in [-0.15, -0.1) is 0 Å². The Morgan fingerprint density at radius 1 is 1.53 bits per heavy atom. The lowest BCUT2D eigenvalue weighted by Gasteiger charge is -2.24. The van der Waals surface area contributed by atoms with Crippen LogP contribution in [0.5, 0.6) is 5.75 Å². The number of methoxy groups -OCH3 is 1. The molecule has 1 aromatic rings. The predicted octanol–water partition coefficient (Wildman–Crippen LogP) is 2.64. The molecule has 1 heterocycles. The maximum Gasteiger partial charge on any atom is 0.144 e. The Hall–Kier alpha value is -1.35. The van der Waals surface area contributed by atoms with Gasteiger partial charge >= 0.3 is 0 Å². The molecule has 1 aliphatic carbocycles. The molecule has 3 heteroatoms. The van der Waals surface area contributed by atoms with Crippen LogP contribution in [0.3, 0.4) is 0 Å². The van der Waals surface area contributed by atoms with Crippen LogP contribution in [0.4, 0.5) is 0 Å². The number of hydrogen-bond donors (Lipinski definition) is 1. The van der Waals surface area contributed by atoms with Crippen molar-refractivity contribution >= 4 is 5.57 Å². The lowest BCUT2D eigenvalue weighted by atomic mass is 9.90. The van der Waals surface area contributed by atoms with Crippen LogP contribution in [0.25, 0.3) is 5.57 Å². The van der Waals surface area contributed by atoms with E-state index >= 15 is 0 Å². The van der Waals surface area contributed by atoms with E-state index in [1.54, 1.807) is 13.3 Å². The summed E-state index contributed by atoms with van der Waals surface area (Å²) in [7, 11) is 1.70. The van der Waals surface area contributed by atoms with Crippen LogP contribution >= 0.6 is 0 Å². The van der Waals surface area contributed by atoms with Crippen molar-refractivity contribution in [2.45, 2.75) is 32.2 Å². The van der Waals surface area contributed by atoms with Crippen LogP contribution < -0.4 is 10.1 Å². The van der Waals surface area contributed by atoms with Gasteiger partial charge in [0.1, 0.15) is 5.75 Å². The van der Waals surface area contributed by atoms with E-state index in [-0.39, 0.29) is 0 Å². The number of pyridine rings is 1. The first-order valence-corrected chi connectivity index (χ1v) is 6.26. The second kappa shape index (κ2) is 5.82. The Morgan fingerprint density at radius 2 is 2.41 bits per heavy atom. The van der Waals surface area contributed by atoms with E-state index in [0.29, 0.717) is 6.04 Å². The number of ether oxygens (including phenoxy) is 1. The summed E-state index contributed by atoms with van der Waals surface area (Å²) in [5.41, 5.74) is 2.56. The number of hydrogen-bond acceptors (Lipinski definition) is 3.